The van der Waals surface area contributed by atoms with Crippen molar-refractivity contribution in [3.05, 3.63) is 52.3 Å². The molecule has 2 aromatic heterocycles. The first-order valence-corrected chi connectivity index (χ1v) is 13.1. The number of aromatic nitrogens is 4. The number of hydrogen-bond acceptors (Lipinski definition) is 5. The lowest BCUT2D eigenvalue weighted by molar-refractivity contribution is 0.291. The van der Waals surface area contributed by atoms with E-state index in [1.54, 1.807) is 0 Å². The van der Waals surface area contributed by atoms with Crippen molar-refractivity contribution < 1.29 is 0 Å². The summed E-state index contributed by atoms with van der Waals surface area (Å²) >= 11 is 0. The van der Waals surface area contributed by atoms with Crippen molar-refractivity contribution >= 4 is 11.6 Å². The number of nitrogens with zero attached hydrogens (tertiary/aromatic N) is 6. The second kappa shape index (κ2) is 8.96. The third kappa shape index (κ3) is 4.55. The standard InChI is InChI=1S/C29H40N6/c1-19(2)24-16-25(33(7)32-24)34-15-12-23-22(17-34)28(35-14-9-13-29(5,6)18-35)31-27(30-23)26-20(3)10-8-11-21(26)4/h8,10-11,16,19H,9,12-15,17-18H2,1-7H3. The molecule has 2 aliphatic rings. The molecule has 3 aromatic rings. The van der Waals surface area contributed by atoms with E-state index < -0.39 is 0 Å². The minimum absolute atomic E-state index is 0.289. The summed E-state index contributed by atoms with van der Waals surface area (Å²) in [5.41, 5.74) is 7.59. The number of piperidine rings is 1. The lowest BCUT2D eigenvalue weighted by Crippen LogP contribution is -2.42. The fourth-order valence-electron chi connectivity index (χ4n) is 5.79. The van der Waals surface area contributed by atoms with Crippen molar-refractivity contribution in [3.8, 4) is 11.4 Å². The van der Waals surface area contributed by atoms with E-state index in [4.69, 9.17) is 15.1 Å². The van der Waals surface area contributed by atoms with E-state index in [1.807, 2.05) is 4.68 Å². The molecule has 0 spiro atoms. The van der Waals surface area contributed by atoms with Gasteiger partial charge >= 0.3 is 0 Å². The van der Waals surface area contributed by atoms with Gasteiger partial charge in [-0.3, -0.25) is 4.68 Å². The Morgan fingerprint density at radius 2 is 1.74 bits per heavy atom. The zero-order valence-electron chi connectivity index (χ0n) is 22.5. The van der Waals surface area contributed by atoms with E-state index in [2.05, 4.69) is 82.7 Å². The first kappa shape index (κ1) is 23.8. The Kier molecular flexibility index (Phi) is 6.10. The van der Waals surface area contributed by atoms with Gasteiger partial charge in [0.05, 0.1) is 11.4 Å². The SMILES string of the molecule is Cc1cccc(C)c1-c1nc2c(c(N3CCCC(C)(C)C3)n1)CN(c1cc(C(C)C)nn1C)CC2. The Hall–Kier alpha value is -2.89. The lowest BCUT2D eigenvalue weighted by atomic mass is 9.84. The number of aryl methyl sites for hydroxylation is 3. The molecule has 2 aliphatic heterocycles. The van der Waals surface area contributed by atoms with Crippen molar-refractivity contribution in [2.24, 2.45) is 12.5 Å². The molecule has 0 aliphatic carbocycles. The van der Waals surface area contributed by atoms with E-state index in [9.17, 15) is 0 Å². The quantitative estimate of drug-likeness (QED) is 0.480. The van der Waals surface area contributed by atoms with Crippen molar-refractivity contribution in [1.82, 2.24) is 19.7 Å². The van der Waals surface area contributed by atoms with E-state index in [-0.39, 0.29) is 5.41 Å². The molecule has 186 valence electrons. The molecule has 1 fully saturated rings. The summed E-state index contributed by atoms with van der Waals surface area (Å²) in [5, 5.41) is 4.78. The van der Waals surface area contributed by atoms with Crippen molar-refractivity contribution in [2.75, 3.05) is 29.4 Å². The van der Waals surface area contributed by atoms with Gasteiger partial charge < -0.3 is 9.80 Å². The molecule has 4 heterocycles. The summed E-state index contributed by atoms with van der Waals surface area (Å²) in [7, 11) is 2.06. The van der Waals surface area contributed by atoms with Crippen molar-refractivity contribution in [3.63, 3.8) is 0 Å². The van der Waals surface area contributed by atoms with Gasteiger partial charge in [0.1, 0.15) is 11.6 Å². The third-order valence-corrected chi connectivity index (χ3v) is 7.73. The summed E-state index contributed by atoms with van der Waals surface area (Å²) in [6.45, 7) is 17.4. The molecular weight excluding hydrogens is 432 g/mol. The van der Waals surface area contributed by atoms with Crippen LogP contribution < -0.4 is 9.80 Å². The maximum Gasteiger partial charge on any atom is 0.162 e. The molecule has 5 rings (SSSR count). The first-order valence-electron chi connectivity index (χ1n) is 13.1. The van der Waals surface area contributed by atoms with Crippen LogP contribution in [0.5, 0.6) is 0 Å². The number of hydrogen-bond donors (Lipinski definition) is 0. The monoisotopic (exact) mass is 472 g/mol. The summed E-state index contributed by atoms with van der Waals surface area (Å²) in [5.74, 6) is 3.62. The Balaban J connectivity index is 1.60. The maximum atomic E-state index is 5.32. The molecule has 1 saturated heterocycles. The second-order valence-electron chi connectivity index (χ2n) is 11.6. The fourth-order valence-corrected chi connectivity index (χ4v) is 5.79. The van der Waals surface area contributed by atoms with E-state index in [0.29, 0.717) is 5.92 Å². The van der Waals surface area contributed by atoms with Gasteiger partial charge in [-0.1, -0.05) is 45.9 Å². The molecule has 0 radical (unpaired) electrons. The van der Waals surface area contributed by atoms with Crippen LogP contribution in [0.2, 0.25) is 0 Å². The van der Waals surface area contributed by atoms with Crippen molar-refractivity contribution in [1.29, 1.82) is 0 Å². The van der Waals surface area contributed by atoms with Crippen LogP contribution in [0.4, 0.5) is 11.6 Å². The highest BCUT2D eigenvalue weighted by Gasteiger charge is 2.32. The van der Waals surface area contributed by atoms with Gasteiger partial charge in [-0.2, -0.15) is 5.10 Å². The minimum Gasteiger partial charge on any atom is -0.356 e. The van der Waals surface area contributed by atoms with Crippen LogP contribution in [0.15, 0.2) is 24.3 Å². The molecule has 0 unspecified atom stereocenters. The molecule has 6 heteroatoms. The summed E-state index contributed by atoms with van der Waals surface area (Å²) in [6.07, 6.45) is 3.38. The normalized spacial score (nSPS) is 17.7. The lowest BCUT2D eigenvalue weighted by Gasteiger charge is -2.41. The Bertz CT molecular complexity index is 1220. The summed E-state index contributed by atoms with van der Waals surface area (Å²) < 4.78 is 2.04. The average molecular weight is 473 g/mol. The molecule has 0 amide bonds. The smallest absolute Gasteiger partial charge is 0.162 e. The van der Waals surface area contributed by atoms with Gasteiger partial charge in [0.25, 0.3) is 0 Å². The minimum atomic E-state index is 0.289. The topological polar surface area (TPSA) is 50.1 Å². The molecule has 0 N–H and O–H groups in total. The Morgan fingerprint density at radius 3 is 2.40 bits per heavy atom. The zero-order valence-corrected chi connectivity index (χ0v) is 22.5. The van der Waals surface area contributed by atoms with Gasteiger partial charge in [-0.05, 0) is 49.1 Å². The van der Waals surface area contributed by atoms with E-state index in [0.717, 1.165) is 49.9 Å². The first-order chi connectivity index (χ1) is 16.6. The molecule has 6 nitrogen and oxygen atoms in total. The fraction of sp³-hybridized carbons (Fsp3) is 0.552. The molecule has 0 saturated carbocycles. The van der Waals surface area contributed by atoms with Crippen LogP contribution >= 0.6 is 0 Å². The number of benzene rings is 1. The highest BCUT2D eigenvalue weighted by atomic mass is 15.4. The zero-order chi connectivity index (χ0) is 24.9. The molecular formula is C29H40N6. The van der Waals surface area contributed by atoms with Gasteiger partial charge in [0, 0.05) is 56.8 Å². The Morgan fingerprint density at radius 1 is 1.00 bits per heavy atom. The van der Waals surface area contributed by atoms with Crippen LogP contribution in [0.1, 0.15) is 74.5 Å². The number of fused-ring (bicyclic) bond motifs is 1. The van der Waals surface area contributed by atoms with Crippen LogP contribution in [-0.4, -0.2) is 39.4 Å². The number of anilines is 2. The summed E-state index contributed by atoms with van der Waals surface area (Å²) in [6, 6.07) is 8.72. The largest absolute Gasteiger partial charge is 0.356 e. The highest BCUT2D eigenvalue weighted by Crippen LogP contribution is 2.37. The van der Waals surface area contributed by atoms with Gasteiger partial charge in [-0.25, -0.2) is 9.97 Å². The predicted octanol–water partition coefficient (Wildman–Crippen LogP) is 5.81. The van der Waals surface area contributed by atoms with Crippen LogP contribution in [0.3, 0.4) is 0 Å². The van der Waals surface area contributed by atoms with Crippen molar-refractivity contribution in [2.45, 2.75) is 73.3 Å². The highest BCUT2D eigenvalue weighted by molar-refractivity contribution is 5.68. The summed E-state index contributed by atoms with van der Waals surface area (Å²) in [4.78, 5) is 15.5. The van der Waals surface area contributed by atoms with Gasteiger partial charge in [-0.15, -0.1) is 0 Å². The Labute approximate surface area is 210 Å². The van der Waals surface area contributed by atoms with Crippen LogP contribution in [-0.2, 0) is 20.0 Å². The van der Waals surface area contributed by atoms with Crippen LogP contribution in [0.25, 0.3) is 11.4 Å². The number of rotatable bonds is 4. The molecule has 0 atom stereocenters. The van der Waals surface area contributed by atoms with Gasteiger partial charge in [0.2, 0.25) is 0 Å². The van der Waals surface area contributed by atoms with E-state index in [1.165, 1.54) is 46.6 Å². The predicted molar refractivity (Wildman–Crippen MR) is 144 cm³/mol. The van der Waals surface area contributed by atoms with Gasteiger partial charge in [0.15, 0.2) is 5.82 Å². The van der Waals surface area contributed by atoms with Crippen LogP contribution in [0, 0.1) is 19.3 Å². The average Bonchev–Trinajstić information content (AvgIpc) is 3.19. The maximum absolute atomic E-state index is 5.32. The molecule has 1 aromatic carbocycles. The molecule has 0 bridgehead atoms. The third-order valence-electron chi connectivity index (χ3n) is 7.73. The second-order valence-corrected chi connectivity index (χ2v) is 11.6. The molecule has 35 heavy (non-hydrogen) atoms. The van der Waals surface area contributed by atoms with E-state index >= 15 is 0 Å².